The van der Waals surface area contributed by atoms with Crippen molar-refractivity contribution >= 4 is 70.7 Å². The van der Waals surface area contributed by atoms with Gasteiger partial charge in [0.2, 0.25) is 0 Å². The molecule has 130 valence electrons. The minimum Gasteiger partial charge on any atom is -0.321 e. The normalized spacial score (nSPS) is 16.2. The molecule has 1 aromatic carbocycles. The first kappa shape index (κ1) is 18.3. The molecule has 6 nitrogen and oxygen atoms in total. The first-order chi connectivity index (χ1) is 11.8. The molecule has 10 heteroatoms. The number of hydrogen-bond acceptors (Lipinski definition) is 4. The second kappa shape index (κ2) is 7.02. The van der Waals surface area contributed by atoms with Gasteiger partial charge < -0.3 is 5.32 Å². The number of likely N-dealkylation sites (N-methyl/N-ethyl adjacent to an activating group) is 1. The average molecular weight is 505 g/mol. The summed E-state index contributed by atoms with van der Waals surface area (Å²) in [6.07, 6.45) is 1.47. The number of carbonyl (C=O) groups is 1. The summed E-state index contributed by atoms with van der Waals surface area (Å²) in [5, 5.41) is 4.52. The third-order valence-electron chi connectivity index (χ3n) is 3.30. The molecule has 2 aromatic rings. The molecule has 0 spiro atoms. The number of amides is 1. The number of allylic oxidation sites excluding steroid dienone is 1. The van der Waals surface area contributed by atoms with Crippen molar-refractivity contribution in [3.05, 3.63) is 61.3 Å². The molecule has 1 amide bonds. The van der Waals surface area contributed by atoms with Crippen LogP contribution in [-0.4, -0.2) is 31.4 Å². The smallest absolute Gasteiger partial charge is 0.321 e. The number of nitrogens with one attached hydrogen (secondary N) is 1. The van der Waals surface area contributed by atoms with Crippen LogP contribution in [0.5, 0.6) is 0 Å². The van der Waals surface area contributed by atoms with Crippen LogP contribution in [0.1, 0.15) is 4.88 Å². The monoisotopic (exact) mass is 503 g/mol. The number of benzene rings is 1. The number of rotatable bonds is 3. The van der Waals surface area contributed by atoms with Crippen molar-refractivity contribution in [3.8, 4) is 0 Å². The van der Waals surface area contributed by atoms with E-state index in [1.165, 1.54) is 24.5 Å². The van der Waals surface area contributed by atoms with Crippen LogP contribution in [0.2, 0.25) is 0 Å². The Labute approximate surface area is 165 Å². The predicted molar refractivity (Wildman–Crippen MR) is 106 cm³/mol. The second-order valence-electron chi connectivity index (χ2n) is 5.04. The van der Waals surface area contributed by atoms with E-state index in [4.69, 9.17) is 0 Å². The van der Waals surface area contributed by atoms with Crippen LogP contribution < -0.4 is 5.32 Å². The van der Waals surface area contributed by atoms with Crippen molar-refractivity contribution in [3.63, 3.8) is 0 Å². The molecule has 0 radical (unpaired) electrons. The number of thiophene rings is 1. The number of halogens is 2. The van der Waals surface area contributed by atoms with Gasteiger partial charge in [0.25, 0.3) is 5.91 Å². The largest absolute Gasteiger partial charge is 0.345 e. The van der Waals surface area contributed by atoms with Gasteiger partial charge in [-0.2, -0.15) is 8.42 Å². The molecule has 0 unspecified atom stereocenters. The van der Waals surface area contributed by atoms with Crippen molar-refractivity contribution in [2.24, 2.45) is 4.40 Å². The molecule has 0 fully saturated rings. The molecular formula is C15H11Br2N3O3S2. The van der Waals surface area contributed by atoms with Crippen LogP contribution in [0.15, 0.2) is 60.8 Å². The van der Waals surface area contributed by atoms with Gasteiger partial charge in [-0.25, -0.2) is 4.31 Å². The number of anilines is 1. The van der Waals surface area contributed by atoms with Gasteiger partial charge in [-0.3, -0.25) is 4.79 Å². The van der Waals surface area contributed by atoms with Crippen LogP contribution in [-0.2, 0) is 15.0 Å². The molecule has 0 saturated heterocycles. The Bertz CT molecular complexity index is 979. The van der Waals surface area contributed by atoms with E-state index < -0.39 is 16.1 Å². The summed E-state index contributed by atoms with van der Waals surface area (Å²) in [5.41, 5.74) is 0.765. The van der Waals surface area contributed by atoms with Gasteiger partial charge in [0.1, 0.15) is 5.70 Å². The molecule has 0 aliphatic carbocycles. The standard InChI is InChI=1S/C15H11Br2N3O3S2/c1-20-13(15(21)18-11-6-9(16)5-10(17)7-11)8-12(19-25(20,22)23)14-3-2-4-24-14/h2-8H,1H3,(H,18,21). The predicted octanol–water partition coefficient (Wildman–Crippen LogP) is 3.78. The summed E-state index contributed by atoms with van der Waals surface area (Å²) in [7, 11) is -2.66. The SMILES string of the molecule is CN1C(C(=O)Nc2cc(Br)cc(Br)c2)=CC(c2cccs2)=NS1(=O)=O. The van der Waals surface area contributed by atoms with E-state index in [0.717, 1.165) is 13.3 Å². The fourth-order valence-corrected chi connectivity index (χ4v) is 5.07. The molecule has 0 bridgehead atoms. The summed E-state index contributed by atoms with van der Waals surface area (Å²) in [5.74, 6) is -0.542. The van der Waals surface area contributed by atoms with Gasteiger partial charge in [0.05, 0.1) is 10.6 Å². The Hall–Kier alpha value is -1.49. The highest BCUT2D eigenvalue weighted by molar-refractivity contribution is 9.11. The van der Waals surface area contributed by atoms with E-state index in [2.05, 4.69) is 41.6 Å². The summed E-state index contributed by atoms with van der Waals surface area (Å²) in [4.78, 5) is 13.3. The zero-order valence-corrected chi connectivity index (χ0v) is 17.5. The van der Waals surface area contributed by atoms with Gasteiger partial charge in [-0.15, -0.1) is 15.7 Å². The zero-order valence-electron chi connectivity index (χ0n) is 12.7. The van der Waals surface area contributed by atoms with Gasteiger partial charge in [-0.05, 0) is 35.7 Å². The van der Waals surface area contributed by atoms with E-state index in [0.29, 0.717) is 10.6 Å². The maximum atomic E-state index is 12.6. The summed E-state index contributed by atoms with van der Waals surface area (Å²) >= 11 is 8.04. The fraction of sp³-hybridized carbons (Fsp3) is 0.0667. The molecule has 25 heavy (non-hydrogen) atoms. The van der Waals surface area contributed by atoms with Crippen LogP contribution in [0.25, 0.3) is 0 Å². The van der Waals surface area contributed by atoms with Crippen LogP contribution in [0, 0.1) is 0 Å². The number of carbonyl (C=O) groups excluding carboxylic acids is 1. The van der Waals surface area contributed by atoms with Gasteiger partial charge in [-0.1, -0.05) is 37.9 Å². The molecule has 0 saturated carbocycles. The lowest BCUT2D eigenvalue weighted by atomic mass is 10.2. The van der Waals surface area contributed by atoms with E-state index in [-0.39, 0.29) is 11.4 Å². The van der Waals surface area contributed by atoms with E-state index in [1.807, 2.05) is 11.4 Å². The van der Waals surface area contributed by atoms with Gasteiger partial charge in [0.15, 0.2) is 0 Å². The van der Waals surface area contributed by atoms with Crippen LogP contribution >= 0.6 is 43.2 Å². The fourth-order valence-electron chi connectivity index (χ4n) is 2.13. The highest BCUT2D eigenvalue weighted by Crippen LogP contribution is 2.26. The van der Waals surface area contributed by atoms with Crippen molar-refractivity contribution in [2.45, 2.75) is 0 Å². The zero-order chi connectivity index (χ0) is 18.2. The Morgan fingerprint density at radius 3 is 2.52 bits per heavy atom. The van der Waals surface area contributed by atoms with Crippen molar-refractivity contribution in [2.75, 3.05) is 12.4 Å². The number of hydrogen-bond donors (Lipinski definition) is 1. The van der Waals surface area contributed by atoms with Crippen molar-refractivity contribution < 1.29 is 13.2 Å². The molecule has 1 aliphatic heterocycles. The molecule has 2 heterocycles. The number of nitrogens with zero attached hydrogens (tertiary/aromatic N) is 2. The summed E-state index contributed by atoms with van der Waals surface area (Å²) < 4.78 is 30.7. The highest BCUT2D eigenvalue weighted by Gasteiger charge is 2.30. The molecule has 1 aliphatic rings. The second-order valence-corrected chi connectivity index (χ2v) is 9.45. The third kappa shape index (κ3) is 4.02. The summed E-state index contributed by atoms with van der Waals surface area (Å²) in [6, 6.07) is 8.80. The molecular weight excluding hydrogens is 494 g/mol. The quantitative estimate of drug-likeness (QED) is 0.690. The molecule has 1 N–H and O–H groups in total. The third-order valence-corrected chi connectivity index (χ3v) is 6.42. The lowest BCUT2D eigenvalue weighted by Crippen LogP contribution is -2.35. The Kier molecular flexibility index (Phi) is 5.14. The lowest BCUT2D eigenvalue weighted by molar-refractivity contribution is -0.113. The maximum absolute atomic E-state index is 12.6. The Balaban J connectivity index is 1.96. The maximum Gasteiger partial charge on any atom is 0.345 e. The average Bonchev–Trinajstić information content (AvgIpc) is 3.02. The minimum absolute atomic E-state index is 0.00509. The first-order valence-electron chi connectivity index (χ1n) is 6.88. The van der Waals surface area contributed by atoms with Gasteiger partial charge in [0, 0.05) is 21.7 Å². The lowest BCUT2D eigenvalue weighted by Gasteiger charge is -2.23. The van der Waals surface area contributed by atoms with Crippen LogP contribution in [0.3, 0.4) is 0 Å². The van der Waals surface area contributed by atoms with E-state index in [1.54, 1.807) is 24.3 Å². The van der Waals surface area contributed by atoms with E-state index in [9.17, 15) is 13.2 Å². The minimum atomic E-state index is -3.96. The van der Waals surface area contributed by atoms with Gasteiger partial charge >= 0.3 is 10.2 Å². The van der Waals surface area contributed by atoms with E-state index >= 15 is 0 Å². The van der Waals surface area contributed by atoms with Crippen molar-refractivity contribution in [1.82, 2.24) is 4.31 Å². The first-order valence-corrected chi connectivity index (χ1v) is 10.7. The topological polar surface area (TPSA) is 78.8 Å². The molecule has 3 rings (SSSR count). The summed E-state index contributed by atoms with van der Waals surface area (Å²) in [6.45, 7) is 0. The molecule has 0 atom stereocenters. The van der Waals surface area contributed by atoms with Crippen LogP contribution in [0.4, 0.5) is 5.69 Å². The Morgan fingerprint density at radius 1 is 1.24 bits per heavy atom. The Morgan fingerprint density at radius 2 is 1.92 bits per heavy atom. The highest BCUT2D eigenvalue weighted by atomic mass is 79.9. The van der Waals surface area contributed by atoms with Crippen molar-refractivity contribution in [1.29, 1.82) is 0 Å². The molecule has 1 aromatic heterocycles.